The van der Waals surface area contributed by atoms with Crippen molar-refractivity contribution in [1.82, 2.24) is 15.1 Å². The minimum atomic E-state index is -0.524. The van der Waals surface area contributed by atoms with Gasteiger partial charge < -0.3 is 11.1 Å². The molecular weight excluding hydrogens is 247 g/mol. The van der Waals surface area contributed by atoms with Gasteiger partial charge in [0.2, 0.25) is 0 Å². The van der Waals surface area contributed by atoms with Crippen molar-refractivity contribution in [2.75, 3.05) is 12.3 Å². The van der Waals surface area contributed by atoms with E-state index in [1.165, 1.54) is 18.2 Å². The summed E-state index contributed by atoms with van der Waals surface area (Å²) in [5, 5.41) is 6.83. The van der Waals surface area contributed by atoms with Gasteiger partial charge in [-0.15, -0.1) is 0 Å². The van der Waals surface area contributed by atoms with Crippen LogP contribution in [0.4, 0.5) is 10.1 Å². The molecule has 0 saturated carbocycles. The number of nitrogens with zero attached hydrogens (tertiary/aromatic N) is 2. The van der Waals surface area contributed by atoms with Gasteiger partial charge in [0.25, 0.3) is 5.91 Å². The highest BCUT2D eigenvalue weighted by Crippen LogP contribution is 2.11. The molecule has 0 saturated heterocycles. The van der Waals surface area contributed by atoms with Crippen LogP contribution in [0, 0.1) is 12.7 Å². The lowest BCUT2D eigenvalue weighted by Gasteiger charge is -2.06. The lowest BCUT2D eigenvalue weighted by atomic mass is 10.2. The molecule has 0 aliphatic rings. The van der Waals surface area contributed by atoms with Gasteiger partial charge in [0.15, 0.2) is 0 Å². The van der Waals surface area contributed by atoms with Gasteiger partial charge in [-0.05, 0) is 30.7 Å². The number of nitrogen functional groups attached to an aromatic ring is 1. The van der Waals surface area contributed by atoms with Crippen molar-refractivity contribution in [1.29, 1.82) is 0 Å². The lowest BCUT2D eigenvalue weighted by molar-refractivity contribution is 0.0952. The molecule has 1 heterocycles. The van der Waals surface area contributed by atoms with Gasteiger partial charge in [-0.2, -0.15) is 5.10 Å². The molecule has 19 heavy (non-hydrogen) atoms. The van der Waals surface area contributed by atoms with Crippen molar-refractivity contribution in [3.8, 4) is 0 Å². The maximum absolute atomic E-state index is 13.0. The molecule has 0 spiro atoms. The van der Waals surface area contributed by atoms with Crippen LogP contribution in [0.1, 0.15) is 15.9 Å². The number of carbonyl (C=O) groups excluding carboxylic acids is 1. The first-order chi connectivity index (χ1) is 9.06. The quantitative estimate of drug-likeness (QED) is 0.817. The Morgan fingerprint density at radius 2 is 2.32 bits per heavy atom. The van der Waals surface area contributed by atoms with Gasteiger partial charge in [-0.25, -0.2) is 4.39 Å². The Morgan fingerprint density at radius 3 is 2.95 bits per heavy atom. The SMILES string of the molecule is Cc1cnn(CCNC(=O)c2ccc(F)c(N)c2)c1. The van der Waals surface area contributed by atoms with Crippen LogP contribution in [0.5, 0.6) is 0 Å². The third-order valence-corrected chi connectivity index (χ3v) is 2.65. The van der Waals surface area contributed by atoms with Gasteiger partial charge in [0.05, 0.1) is 18.4 Å². The Kier molecular flexibility index (Phi) is 3.79. The molecule has 100 valence electrons. The number of nitrogens with one attached hydrogen (secondary N) is 1. The predicted octanol–water partition coefficient (Wildman–Crippen LogP) is 1.34. The molecule has 2 rings (SSSR count). The molecule has 0 aliphatic heterocycles. The van der Waals surface area contributed by atoms with E-state index in [4.69, 9.17) is 5.73 Å². The number of hydrogen-bond acceptors (Lipinski definition) is 3. The molecule has 0 radical (unpaired) electrons. The number of anilines is 1. The summed E-state index contributed by atoms with van der Waals surface area (Å²) in [5.74, 6) is -0.806. The van der Waals surface area contributed by atoms with Crippen LogP contribution in [0.2, 0.25) is 0 Å². The second-order valence-corrected chi connectivity index (χ2v) is 4.27. The summed E-state index contributed by atoms with van der Waals surface area (Å²) < 4.78 is 14.7. The van der Waals surface area contributed by atoms with Crippen LogP contribution in [0.15, 0.2) is 30.6 Å². The molecule has 0 bridgehead atoms. The summed E-state index contributed by atoms with van der Waals surface area (Å²) in [4.78, 5) is 11.8. The van der Waals surface area contributed by atoms with Crippen molar-refractivity contribution in [3.05, 3.63) is 47.5 Å². The summed E-state index contributed by atoms with van der Waals surface area (Å²) in [6, 6.07) is 3.91. The highest BCUT2D eigenvalue weighted by molar-refractivity contribution is 5.94. The van der Waals surface area contributed by atoms with E-state index in [0.717, 1.165) is 5.56 Å². The molecule has 0 unspecified atom stereocenters. The van der Waals surface area contributed by atoms with Crippen LogP contribution >= 0.6 is 0 Å². The second-order valence-electron chi connectivity index (χ2n) is 4.27. The zero-order chi connectivity index (χ0) is 13.8. The number of hydrogen-bond donors (Lipinski definition) is 2. The van der Waals surface area contributed by atoms with Crippen molar-refractivity contribution in [2.24, 2.45) is 0 Å². The number of halogens is 1. The van der Waals surface area contributed by atoms with Crippen LogP contribution in [0.25, 0.3) is 0 Å². The molecule has 0 atom stereocenters. The van der Waals surface area contributed by atoms with Gasteiger partial charge >= 0.3 is 0 Å². The monoisotopic (exact) mass is 262 g/mol. The van der Waals surface area contributed by atoms with E-state index in [0.29, 0.717) is 18.7 Å². The first-order valence-corrected chi connectivity index (χ1v) is 5.88. The Balaban J connectivity index is 1.89. The number of benzene rings is 1. The third kappa shape index (κ3) is 3.31. The zero-order valence-electron chi connectivity index (χ0n) is 10.6. The fourth-order valence-electron chi connectivity index (χ4n) is 1.66. The average Bonchev–Trinajstić information content (AvgIpc) is 2.78. The Bertz CT molecular complexity index is 594. The summed E-state index contributed by atoms with van der Waals surface area (Å²) >= 11 is 0. The van der Waals surface area contributed by atoms with E-state index in [1.807, 2.05) is 13.1 Å². The van der Waals surface area contributed by atoms with Crippen molar-refractivity contribution in [3.63, 3.8) is 0 Å². The van der Waals surface area contributed by atoms with E-state index in [-0.39, 0.29) is 11.6 Å². The second kappa shape index (κ2) is 5.51. The Hall–Kier alpha value is -2.37. The molecule has 0 aliphatic carbocycles. The molecule has 5 nitrogen and oxygen atoms in total. The van der Waals surface area contributed by atoms with Gasteiger partial charge in [-0.3, -0.25) is 9.48 Å². The van der Waals surface area contributed by atoms with E-state index >= 15 is 0 Å². The Labute approximate surface area is 110 Å². The van der Waals surface area contributed by atoms with Crippen LogP contribution in [-0.4, -0.2) is 22.2 Å². The largest absolute Gasteiger partial charge is 0.396 e. The Morgan fingerprint density at radius 1 is 1.53 bits per heavy atom. The number of aryl methyl sites for hydroxylation is 1. The fraction of sp³-hybridized carbons (Fsp3) is 0.231. The van der Waals surface area contributed by atoms with Gasteiger partial charge in [0, 0.05) is 18.3 Å². The topological polar surface area (TPSA) is 72.9 Å². The maximum atomic E-state index is 13.0. The van der Waals surface area contributed by atoms with E-state index in [2.05, 4.69) is 10.4 Å². The molecule has 2 aromatic rings. The smallest absolute Gasteiger partial charge is 0.251 e. The zero-order valence-corrected chi connectivity index (χ0v) is 10.6. The van der Waals surface area contributed by atoms with Crippen LogP contribution < -0.4 is 11.1 Å². The minimum absolute atomic E-state index is 0.0321. The van der Waals surface area contributed by atoms with E-state index < -0.39 is 5.82 Å². The van der Waals surface area contributed by atoms with Crippen molar-refractivity contribution >= 4 is 11.6 Å². The summed E-state index contributed by atoms with van der Waals surface area (Å²) in [6.07, 6.45) is 3.64. The summed E-state index contributed by atoms with van der Waals surface area (Å²) in [5.41, 5.74) is 6.79. The number of amides is 1. The minimum Gasteiger partial charge on any atom is -0.396 e. The first-order valence-electron chi connectivity index (χ1n) is 5.88. The van der Waals surface area contributed by atoms with Crippen LogP contribution in [0.3, 0.4) is 0 Å². The van der Waals surface area contributed by atoms with Gasteiger partial charge in [-0.1, -0.05) is 0 Å². The molecular formula is C13H15FN4O. The highest BCUT2D eigenvalue weighted by atomic mass is 19.1. The highest BCUT2D eigenvalue weighted by Gasteiger charge is 2.07. The summed E-state index contributed by atoms with van der Waals surface area (Å²) in [7, 11) is 0. The van der Waals surface area contributed by atoms with E-state index in [1.54, 1.807) is 10.9 Å². The standard InChI is InChI=1S/C13H15FN4O/c1-9-7-17-18(8-9)5-4-16-13(19)10-2-3-11(14)12(15)6-10/h2-3,6-8H,4-5,15H2,1H3,(H,16,19). The predicted molar refractivity (Wildman–Crippen MR) is 70.1 cm³/mol. The third-order valence-electron chi connectivity index (χ3n) is 2.65. The first kappa shape index (κ1) is 13.1. The summed E-state index contributed by atoms with van der Waals surface area (Å²) in [6.45, 7) is 2.97. The molecule has 1 amide bonds. The van der Waals surface area contributed by atoms with Gasteiger partial charge in [0.1, 0.15) is 5.82 Å². The molecule has 3 N–H and O–H groups in total. The average molecular weight is 262 g/mol. The number of nitrogens with two attached hydrogens (primary N) is 1. The number of aromatic nitrogens is 2. The lowest BCUT2D eigenvalue weighted by Crippen LogP contribution is -2.27. The normalized spacial score (nSPS) is 10.4. The van der Waals surface area contributed by atoms with Crippen LogP contribution in [-0.2, 0) is 6.54 Å². The molecule has 1 aromatic carbocycles. The van der Waals surface area contributed by atoms with Crippen molar-refractivity contribution < 1.29 is 9.18 Å². The number of rotatable bonds is 4. The molecule has 1 aromatic heterocycles. The number of carbonyl (C=O) groups is 1. The maximum Gasteiger partial charge on any atom is 0.251 e. The fourth-order valence-corrected chi connectivity index (χ4v) is 1.66. The van der Waals surface area contributed by atoms with Crippen molar-refractivity contribution in [2.45, 2.75) is 13.5 Å². The molecule has 0 fully saturated rings. The molecule has 6 heteroatoms. The van der Waals surface area contributed by atoms with E-state index in [9.17, 15) is 9.18 Å².